The zero-order valence-electron chi connectivity index (χ0n) is 11.2. The average molecular weight is 416 g/mol. The smallest absolute Gasteiger partial charge is 0.191 e. The maximum absolute atomic E-state index is 6.09. The van der Waals surface area contributed by atoms with Crippen LogP contribution in [0, 0.1) is 0 Å². The van der Waals surface area contributed by atoms with E-state index in [0.29, 0.717) is 29.0 Å². The summed E-state index contributed by atoms with van der Waals surface area (Å²) in [6.45, 7) is 6.41. The largest absolute Gasteiger partial charge is 0.370 e. The summed E-state index contributed by atoms with van der Waals surface area (Å²) in [6, 6.07) is 5.50. The first-order valence-corrected chi connectivity index (χ1v) is 6.83. The van der Waals surface area contributed by atoms with Crippen LogP contribution in [0.15, 0.2) is 23.2 Å². The van der Waals surface area contributed by atoms with Crippen molar-refractivity contribution in [2.24, 2.45) is 10.7 Å². The lowest BCUT2D eigenvalue weighted by Crippen LogP contribution is -2.37. The van der Waals surface area contributed by atoms with Gasteiger partial charge >= 0.3 is 0 Å². The lowest BCUT2D eigenvalue weighted by molar-refractivity contribution is 0.458. The summed E-state index contributed by atoms with van der Waals surface area (Å²) in [6.07, 6.45) is 0.695. The van der Waals surface area contributed by atoms with Gasteiger partial charge < -0.3 is 10.6 Å². The normalized spacial score (nSPS) is 11.1. The molecular formula is C13H20Cl2IN3. The second-order valence-electron chi connectivity index (χ2n) is 3.86. The number of aliphatic imine (C=N–C) groups is 1. The minimum Gasteiger partial charge on any atom is -0.370 e. The molecule has 0 fully saturated rings. The molecule has 0 saturated carbocycles. The zero-order chi connectivity index (χ0) is 13.5. The van der Waals surface area contributed by atoms with E-state index in [9.17, 15) is 0 Å². The van der Waals surface area contributed by atoms with Gasteiger partial charge in [-0.3, -0.25) is 4.99 Å². The highest BCUT2D eigenvalue weighted by molar-refractivity contribution is 14.0. The standard InChI is InChI=1S/C13H19Cl2N3.HI/c1-3-18(4-2)13(16)17-9-8-10-11(14)6-5-7-12(10)15;/h5-7H,3-4,8-9H2,1-2H3,(H2,16,17);1H. The molecule has 1 aromatic rings. The Hall–Kier alpha value is -0.200. The topological polar surface area (TPSA) is 41.6 Å². The summed E-state index contributed by atoms with van der Waals surface area (Å²) >= 11 is 12.2. The van der Waals surface area contributed by atoms with Crippen molar-refractivity contribution in [3.8, 4) is 0 Å². The van der Waals surface area contributed by atoms with Crippen molar-refractivity contribution in [1.82, 2.24) is 4.90 Å². The first-order chi connectivity index (χ1) is 8.60. The highest BCUT2D eigenvalue weighted by atomic mass is 127. The van der Waals surface area contributed by atoms with Gasteiger partial charge in [-0.25, -0.2) is 0 Å². The Bertz CT molecular complexity index is 400. The number of rotatable bonds is 5. The zero-order valence-corrected chi connectivity index (χ0v) is 15.0. The van der Waals surface area contributed by atoms with Crippen molar-refractivity contribution >= 4 is 53.1 Å². The number of nitrogens with two attached hydrogens (primary N) is 1. The molecular weight excluding hydrogens is 396 g/mol. The fourth-order valence-corrected chi connectivity index (χ4v) is 2.29. The molecule has 0 atom stereocenters. The lowest BCUT2D eigenvalue weighted by Gasteiger charge is -2.19. The van der Waals surface area contributed by atoms with Crippen molar-refractivity contribution in [2.75, 3.05) is 19.6 Å². The summed E-state index contributed by atoms with van der Waals surface area (Å²) in [5.74, 6) is 0.572. The number of benzene rings is 1. The highest BCUT2D eigenvalue weighted by Crippen LogP contribution is 2.24. The number of hydrogen-bond donors (Lipinski definition) is 1. The molecule has 19 heavy (non-hydrogen) atoms. The van der Waals surface area contributed by atoms with E-state index >= 15 is 0 Å². The van der Waals surface area contributed by atoms with E-state index in [0.717, 1.165) is 18.7 Å². The third kappa shape index (κ3) is 5.75. The quantitative estimate of drug-likeness (QED) is 0.451. The van der Waals surface area contributed by atoms with Crippen molar-refractivity contribution in [3.63, 3.8) is 0 Å². The van der Waals surface area contributed by atoms with Crippen LogP contribution in [0.3, 0.4) is 0 Å². The van der Waals surface area contributed by atoms with Crippen molar-refractivity contribution in [1.29, 1.82) is 0 Å². The molecule has 1 rings (SSSR count). The van der Waals surface area contributed by atoms with Gasteiger partial charge in [0.1, 0.15) is 0 Å². The molecule has 0 heterocycles. The third-order valence-corrected chi connectivity index (χ3v) is 3.49. The minimum absolute atomic E-state index is 0. The SMILES string of the molecule is CCN(CC)C(N)=NCCc1c(Cl)cccc1Cl.I. The van der Waals surface area contributed by atoms with Gasteiger partial charge in [0.05, 0.1) is 0 Å². The Balaban J connectivity index is 0.00000324. The number of guanidine groups is 1. The van der Waals surface area contributed by atoms with Gasteiger partial charge in [0.15, 0.2) is 5.96 Å². The molecule has 0 aliphatic rings. The first kappa shape index (κ1) is 18.8. The molecule has 108 valence electrons. The van der Waals surface area contributed by atoms with Crippen LogP contribution < -0.4 is 5.73 Å². The predicted molar refractivity (Wildman–Crippen MR) is 95.0 cm³/mol. The molecule has 0 unspecified atom stereocenters. The van der Waals surface area contributed by atoms with Gasteiger partial charge in [0.25, 0.3) is 0 Å². The van der Waals surface area contributed by atoms with Crippen LogP contribution in [-0.2, 0) is 6.42 Å². The average Bonchev–Trinajstić information content (AvgIpc) is 2.34. The maximum Gasteiger partial charge on any atom is 0.191 e. The van der Waals surface area contributed by atoms with E-state index in [1.165, 1.54) is 0 Å². The molecule has 0 bridgehead atoms. The van der Waals surface area contributed by atoms with Crippen molar-refractivity contribution in [2.45, 2.75) is 20.3 Å². The maximum atomic E-state index is 6.09. The summed E-state index contributed by atoms with van der Waals surface area (Å²) in [7, 11) is 0. The monoisotopic (exact) mass is 415 g/mol. The van der Waals surface area contributed by atoms with Gasteiger partial charge in [-0.1, -0.05) is 29.3 Å². The molecule has 6 heteroatoms. The van der Waals surface area contributed by atoms with E-state index in [-0.39, 0.29) is 24.0 Å². The Labute approximate surface area is 142 Å². The fraction of sp³-hybridized carbons (Fsp3) is 0.462. The molecule has 2 N–H and O–H groups in total. The lowest BCUT2D eigenvalue weighted by atomic mass is 10.1. The van der Waals surface area contributed by atoms with E-state index in [1.807, 2.05) is 23.1 Å². The van der Waals surface area contributed by atoms with Crippen LogP contribution in [0.1, 0.15) is 19.4 Å². The van der Waals surface area contributed by atoms with Gasteiger partial charge in [-0.05, 0) is 38.0 Å². The van der Waals surface area contributed by atoms with Crippen LogP contribution in [0.5, 0.6) is 0 Å². The van der Waals surface area contributed by atoms with Gasteiger partial charge in [0.2, 0.25) is 0 Å². The fourth-order valence-electron chi connectivity index (χ4n) is 1.70. The number of halogens is 3. The number of nitrogens with zero attached hydrogens (tertiary/aromatic N) is 2. The van der Waals surface area contributed by atoms with E-state index < -0.39 is 0 Å². The van der Waals surface area contributed by atoms with Gasteiger partial charge in [-0.2, -0.15) is 0 Å². The molecule has 0 aliphatic heterocycles. The predicted octanol–water partition coefficient (Wildman–Crippen LogP) is 3.81. The first-order valence-electron chi connectivity index (χ1n) is 6.07. The van der Waals surface area contributed by atoms with Crippen LogP contribution >= 0.6 is 47.2 Å². The van der Waals surface area contributed by atoms with Gasteiger partial charge in [-0.15, -0.1) is 24.0 Å². The van der Waals surface area contributed by atoms with E-state index in [4.69, 9.17) is 28.9 Å². The summed E-state index contributed by atoms with van der Waals surface area (Å²) < 4.78 is 0. The van der Waals surface area contributed by atoms with Crippen LogP contribution in [0.25, 0.3) is 0 Å². The van der Waals surface area contributed by atoms with E-state index in [2.05, 4.69) is 18.8 Å². The molecule has 0 aromatic heterocycles. The van der Waals surface area contributed by atoms with E-state index in [1.54, 1.807) is 0 Å². The molecule has 3 nitrogen and oxygen atoms in total. The second-order valence-corrected chi connectivity index (χ2v) is 4.68. The van der Waals surface area contributed by atoms with Crippen molar-refractivity contribution < 1.29 is 0 Å². The summed E-state index contributed by atoms with van der Waals surface area (Å²) in [5.41, 5.74) is 6.82. The molecule has 0 spiro atoms. The van der Waals surface area contributed by atoms with Gasteiger partial charge in [0, 0.05) is 29.7 Å². The molecule has 0 aliphatic carbocycles. The Morgan fingerprint density at radius 2 is 1.74 bits per heavy atom. The summed E-state index contributed by atoms with van der Waals surface area (Å²) in [4.78, 5) is 6.35. The Morgan fingerprint density at radius 3 is 2.21 bits per heavy atom. The molecule has 0 saturated heterocycles. The number of hydrogen-bond acceptors (Lipinski definition) is 1. The molecule has 0 radical (unpaired) electrons. The Kier molecular flexibility index (Phi) is 9.56. The van der Waals surface area contributed by atoms with Crippen LogP contribution in [-0.4, -0.2) is 30.5 Å². The second kappa shape index (κ2) is 9.66. The Morgan fingerprint density at radius 1 is 1.21 bits per heavy atom. The minimum atomic E-state index is 0. The molecule has 0 amide bonds. The van der Waals surface area contributed by atoms with Crippen molar-refractivity contribution in [3.05, 3.63) is 33.8 Å². The van der Waals surface area contributed by atoms with Crippen LogP contribution in [0.4, 0.5) is 0 Å². The summed E-state index contributed by atoms with van der Waals surface area (Å²) in [5, 5.41) is 1.36. The molecule has 1 aromatic carbocycles. The van der Waals surface area contributed by atoms with Crippen LogP contribution in [0.2, 0.25) is 10.0 Å². The highest BCUT2D eigenvalue weighted by Gasteiger charge is 2.05. The third-order valence-electron chi connectivity index (χ3n) is 2.78.